The van der Waals surface area contributed by atoms with Crippen molar-refractivity contribution in [1.29, 1.82) is 0 Å². The Morgan fingerprint density at radius 1 is 1.06 bits per heavy atom. The topological polar surface area (TPSA) is 0 Å². The van der Waals surface area contributed by atoms with Crippen molar-refractivity contribution in [3.63, 3.8) is 0 Å². The molecule has 0 aliphatic heterocycles. The van der Waals surface area contributed by atoms with Crippen LogP contribution in [0.1, 0.15) is 52.2 Å². The molecule has 0 saturated carbocycles. The quantitative estimate of drug-likeness (QED) is 0.658. The third-order valence-corrected chi connectivity index (χ3v) is 3.51. The lowest BCUT2D eigenvalue weighted by atomic mass is 9.86. The average molecular weight is 297 g/mol. The van der Waals surface area contributed by atoms with Crippen LogP contribution in [0.5, 0.6) is 0 Å². The van der Waals surface area contributed by atoms with Crippen molar-refractivity contribution in [3.8, 4) is 0 Å². The lowest BCUT2D eigenvalue weighted by Gasteiger charge is -2.20. The van der Waals surface area contributed by atoms with Crippen molar-refractivity contribution in [2.24, 2.45) is 5.92 Å². The summed E-state index contributed by atoms with van der Waals surface area (Å²) < 4.78 is 0. The highest BCUT2D eigenvalue weighted by atomic mass is 79.9. The molecule has 1 heteroatoms. The van der Waals surface area contributed by atoms with E-state index in [9.17, 15) is 0 Å². The summed E-state index contributed by atoms with van der Waals surface area (Å²) in [6.45, 7) is 11.3. The van der Waals surface area contributed by atoms with E-state index in [1.54, 1.807) is 0 Å². The molecule has 17 heavy (non-hydrogen) atoms. The van der Waals surface area contributed by atoms with Crippen LogP contribution < -0.4 is 0 Å². The van der Waals surface area contributed by atoms with Crippen molar-refractivity contribution >= 4 is 15.9 Å². The van der Waals surface area contributed by atoms with Crippen LogP contribution in [0.15, 0.2) is 24.3 Å². The first-order valence-electron chi connectivity index (χ1n) is 6.52. The molecule has 96 valence electrons. The molecule has 0 heterocycles. The number of alkyl halides is 1. The summed E-state index contributed by atoms with van der Waals surface area (Å²) in [5.41, 5.74) is 3.13. The van der Waals surface area contributed by atoms with Crippen molar-refractivity contribution in [2.45, 2.75) is 57.7 Å². The smallest absolute Gasteiger partial charge is 0.0120 e. The van der Waals surface area contributed by atoms with E-state index in [0.717, 1.165) is 5.92 Å². The maximum Gasteiger partial charge on any atom is 0.0120 e. The Hall–Kier alpha value is -0.300. The van der Waals surface area contributed by atoms with E-state index in [0.29, 0.717) is 4.83 Å². The lowest BCUT2D eigenvalue weighted by Crippen LogP contribution is -2.11. The minimum absolute atomic E-state index is 0.258. The SMILES string of the molecule is CC(Br)CC(C)Cc1ccc(C(C)(C)C)cc1. The first-order chi connectivity index (χ1) is 7.79. The fourth-order valence-electron chi connectivity index (χ4n) is 2.18. The molecule has 0 fully saturated rings. The number of hydrogen-bond acceptors (Lipinski definition) is 0. The molecule has 0 aliphatic rings. The van der Waals surface area contributed by atoms with E-state index in [-0.39, 0.29) is 5.41 Å². The highest BCUT2D eigenvalue weighted by Crippen LogP contribution is 2.23. The van der Waals surface area contributed by atoms with Crippen molar-refractivity contribution in [3.05, 3.63) is 35.4 Å². The Labute approximate surface area is 115 Å². The van der Waals surface area contributed by atoms with Gasteiger partial charge in [0.25, 0.3) is 0 Å². The summed E-state index contributed by atoms with van der Waals surface area (Å²) in [4.78, 5) is 0.617. The molecule has 0 saturated heterocycles. The molecule has 0 amide bonds. The zero-order valence-corrected chi connectivity index (χ0v) is 13.3. The third-order valence-electron chi connectivity index (χ3n) is 3.13. The van der Waals surface area contributed by atoms with Gasteiger partial charge in [0.2, 0.25) is 0 Å². The first kappa shape index (κ1) is 14.8. The molecule has 0 N–H and O–H groups in total. The van der Waals surface area contributed by atoms with E-state index in [4.69, 9.17) is 0 Å². The van der Waals surface area contributed by atoms with Crippen LogP contribution in [0.3, 0.4) is 0 Å². The average Bonchev–Trinajstić information content (AvgIpc) is 2.15. The Balaban J connectivity index is 2.63. The first-order valence-corrected chi connectivity index (χ1v) is 7.44. The summed E-state index contributed by atoms with van der Waals surface area (Å²) in [7, 11) is 0. The molecule has 0 aliphatic carbocycles. The molecular weight excluding hydrogens is 272 g/mol. The third kappa shape index (κ3) is 5.25. The van der Waals surface area contributed by atoms with E-state index in [2.05, 4.69) is 74.8 Å². The van der Waals surface area contributed by atoms with Gasteiger partial charge in [-0.25, -0.2) is 0 Å². The van der Waals surface area contributed by atoms with Gasteiger partial charge in [0.1, 0.15) is 0 Å². The molecule has 1 aromatic rings. The summed E-state index contributed by atoms with van der Waals surface area (Å²) in [6.07, 6.45) is 2.42. The Bertz CT molecular complexity index is 330. The molecule has 0 nitrogen and oxygen atoms in total. The monoisotopic (exact) mass is 296 g/mol. The van der Waals surface area contributed by atoms with E-state index in [1.807, 2.05) is 0 Å². The molecule has 0 bridgehead atoms. The van der Waals surface area contributed by atoms with E-state index in [1.165, 1.54) is 24.0 Å². The van der Waals surface area contributed by atoms with Crippen molar-refractivity contribution in [1.82, 2.24) is 0 Å². The maximum atomic E-state index is 3.63. The fourth-order valence-corrected chi connectivity index (χ4v) is 2.82. The largest absolute Gasteiger partial charge is 0.0894 e. The van der Waals surface area contributed by atoms with Crippen LogP contribution in [0, 0.1) is 5.92 Å². The van der Waals surface area contributed by atoms with Crippen LogP contribution in [-0.4, -0.2) is 4.83 Å². The summed E-state index contributed by atoms with van der Waals surface area (Å²) in [5, 5.41) is 0. The second-order valence-corrected chi connectivity index (χ2v) is 7.84. The van der Waals surface area contributed by atoms with Gasteiger partial charge in [-0.1, -0.05) is 74.8 Å². The standard InChI is InChI=1S/C16H25Br/c1-12(10-13(2)17)11-14-6-8-15(9-7-14)16(3,4)5/h6-9,12-13H,10-11H2,1-5H3. The summed E-state index contributed by atoms with van der Waals surface area (Å²) in [5.74, 6) is 0.741. The molecule has 0 aromatic heterocycles. The second kappa shape index (κ2) is 6.04. The maximum absolute atomic E-state index is 3.63. The van der Waals surface area contributed by atoms with Crippen molar-refractivity contribution < 1.29 is 0 Å². The van der Waals surface area contributed by atoms with Crippen LogP contribution in [0.25, 0.3) is 0 Å². The number of rotatable bonds is 4. The van der Waals surface area contributed by atoms with Crippen LogP contribution in [0.4, 0.5) is 0 Å². The number of hydrogen-bond donors (Lipinski definition) is 0. The predicted octanol–water partition coefficient (Wildman–Crippen LogP) is 5.34. The zero-order chi connectivity index (χ0) is 13.1. The molecule has 0 radical (unpaired) electrons. The number of benzene rings is 1. The van der Waals surface area contributed by atoms with Gasteiger partial charge in [0.05, 0.1) is 0 Å². The van der Waals surface area contributed by atoms with Gasteiger partial charge in [0.15, 0.2) is 0 Å². The van der Waals surface area contributed by atoms with Gasteiger partial charge >= 0.3 is 0 Å². The lowest BCUT2D eigenvalue weighted by molar-refractivity contribution is 0.532. The van der Waals surface area contributed by atoms with Gasteiger partial charge in [-0.2, -0.15) is 0 Å². The van der Waals surface area contributed by atoms with Gasteiger partial charge in [0, 0.05) is 4.83 Å². The Morgan fingerprint density at radius 2 is 1.59 bits per heavy atom. The van der Waals surface area contributed by atoms with Crippen LogP contribution >= 0.6 is 15.9 Å². The second-order valence-electron chi connectivity index (χ2n) is 6.27. The molecule has 1 rings (SSSR count). The van der Waals surface area contributed by atoms with Crippen molar-refractivity contribution in [2.75, 3.05) is 0 Å². The summed E-state index contributed by atoms with van der Waals surface area (Å²) >= 11 is 3.63. The minimum Gasteiger partial charge on any atom is -0.0894 e. The van der Waals surface area contributed by atoms with Gasteiger partial charge in [-0.05, 0) is 35.3 Å². The fraction of sp³-hybridized carbons (Fsp3) is 0.625. The van der Waals surface area contributed by atoms with Gasteiger partial charge < -0.3 is 0 Å². The molecule has 2 unspecified atom stereocenters. The highest BCUT2D eigenvalue weighted by molar-refractivity contribution is 9.09. The van der Waals surface area contributed by atoms with Crippen LogP contribution in [-0.2, 0) is 11.8 Å². The normalized spacial score (nSPS) is 15.6. The molecule has 1 aromatic carbocycles. The molecule has 0 spiro atoms. The van der Waals surface area contributed by atoms with E-state index < -0.39 is 0 Å². The molecular formula is C16H25Br. The Kier molecular flexibility index (Phi) is 5.24. The Morgan fingerprint density at radius 3 is 2.00 bits per heavy atom. The highest BCUT2D eigenvalue weighted by Gasteiger charge is 2.13. The molecule has 2 atom stereocenters. The zero-order valence-electron chi connectivity index (χ0n) is 11.8. The van der Waals surface area contributed by atoms with Gasteiger partial charge in [-0.3, -0.25) is 0 Å². The number of halogens is 1. The predicted molar refractivity (Wildman–Crippen MR) is 81.0 cm³/mol. The minimum atomic E-state index is 0.258. The van der Waals surface area contributed by atoms with E-state index >= 15 is 0 Å². The summed E-state index contributed by atoms with van der Waals surface area (Å²) in [6, 6.07) is 9.13. The van der Waals surface area contributed by atoms with Crippen LogP contribution in [0.2, 0.25) is 0 Å². The van der Waals surface area contributed by atoms with Gasteiger partial charge in [-0.15, -0.1) is 0 Å².